The standard InChI is InChI=1S/C51H40N2.C49H36N2O2/c1-5-35-21-25-39(26-22-35)52(49-19-11-15-37-13-7-9-17-43(37)49)41-29-31-45-46-32-30-42(34-48(46)51(3,4)47(45)33-41)53(40-27-23-36(6-2)24-28-40)50-20-12-16-38-14-8-10-18-44(38)50;1-49(2)45-29-39(50(37-21-17-33(31-52)18-22-37)47-15-7-11-35-9-3-5-13-41(35)47)25-27-43(45)44-28-26-40(30-46(44)49)51(38-23-19-34(32-53)20-24-38)48-16-8-12-36-10-4-6-14-42(36)48/h5-34H,1-2H2,3-4H3;3-32H,1-2H3. The van der Waals surface area contributed by atoms with E-state index in [1.54, 1.807) is 0 Å². The van der Waals surface area contributed by atoms with E-state index in [0.29, 0.717) is 11.1 Å². The highest BCUT2D eigenvalue weighted by Crippen LogP contribution is 2.56. The van der Waals surface area contributed by atoms with Gasteiger partial charge in [0, 0.05) is 89.0 Å². The Labute approximate surface area is 619 Å². The highest BCUT2D eigenvalue weighted by Gasteiger charge is 2.39. The van der Waals surface area contributed by atoms with E-state index in [0.717, 1.165) is 113 Å². The smallest absolute Gasteiger partial charge is 0.150 e. The summed E-state index contributed by atoms with van der Waals surface area (Å²) in [6.45, 7) is 17.3. The molecule has 0 spiro atoms. The Balaban J connectivity index is 0.000000156. The Morgan fingerprint density at radius 3 is 0.670 bits per heavy atom. The Bertz CT molecular complexity index is 5360. The van der Waals surface area contributed by atoms with Crippen molar-refractivity contribution in [2.24, 2.45) is 0 Å². The molecule has 2 aliphatic carbocycles. The fourth-order valence-electron chi connectivity index (χ4n) is 16.2. The first-order valence-corrected chi connectivity index (χ1v) is 36.1. The van der Waals surface area contributed by atoms with Crippen LogP contribution in [0.15, 0.2) is 353 Å². The number of benzene rings is 16. The third kappa shape index (κ3) is 11.6. The highest BCUT2D eigenvalue weighted by atomic mass is 16.1. The molecule has 0 N–H and O–H groups in total. The third-order valence-electron chi connectivity index (χ3n) is 21.7. The van der Waals surface area contributed by atoms with Crippen LogP contribution >= 0.6 is 0 Å². The Morgan fingerprint density at radius 2 is 0.443 bits per heavy atom. The van der Waals surface area contributed by atoms with Crippen molar-refractivity contribution in [2.75, 3.05) is 19.6 Å². The van der Waals surface area contributed by atoms with E-state index in [2.05, 4.69) is 352 Å². The van der Waals surface area contributed by atoms with Crippen LogP contribution in [0.25, 0.3) is 77.5 Å². The zero-order chi connectivity index (χ0) is 72.2. The predicted molar refractivity (Wildman–Crippen MR) is 448 cm³/mol. The minimum atomic E-state index is -0.311. The molecule has 16 aromatic carbocycles. The number of nitrogens with zero attached hydrogens (tertiary/aromatic N) is 4. The number of rotatable bonds is 16. The van der Waals surface area contributed by atoms with Gasteiger partial charge in [0.05, 0.1) is 22.7 Å². The molecule has 0 atom stereocenters. The van der Waals surface area contributed by atoms with Gasteiger partial charge in [-0.15, -0.1) is 0 Å². The fraction of sp³-hybridized carbons (Fsp3) is 0.0600. The van der Waals surface area contributed by atoms with E-state index in [9.17, 15) is 9.59 Å². The lowest BCUT2D eigenvalue weighted by Crippen LogP contribution is -2.18. The predicted octanol–water partition coefficient (Wildman–Crippen LogP) is 27.4. The van der Waals surface area contributed by atoms with Gasteiger partial charge in [-0.25, -0.2) is 0 Å². The van der Waals surface area contributed by atoms with Gasteiger partial charge in [0.25, 0.3) is 0 Å². The lowest BCUT2D eigenvalue weighted by atomic mass is 9.82. The second kappa shape index (κ2) is 27.1. The van der Waals surface area contributed by atoms with Gasteiger partial charge in [0.1, 0.15) is 12.6 Å². The summed E-state index contributed by atoms with van der Waals surface area (Å²) in [7, 11) is 0. The lowest BCUT2D eigenvalue weighted by Gasteiger charge is -2.30. The van der Waals surface area contributed by atoms with Gasteiger partial charge in [-0.05, 0) is 223 Å². The molecule has 2 aliphatic rings. The van der Waals surface area contributed by atoms with Gasteiger partial charge < -0.3 is 19.6 Å². The first-order valence-electron chi connectivity index (χ1n) is 36.1. The maximum absolute atomic E-state index is 11.6. The highest BCUT2D eigenvalue weighted by molar-refractivity contribution is 6.04. The average Bonchev–Trinajstić information content (AvgIpc) is 1.57. The summed E-state index contributed by atoms with van der Waals surface area (Å²) in [4.78, 5) is 32.6. The van der Waals surface area contributed by atoms with Crippen LogP contribution < -0.4 is 19.6 Å². The first kappa shape index (κ1) is 65.9. The minimum Gasteiger partial charge on any atom is -0.310 e. The molecule has 6 nitrogen and oxygen atoms in total. The molecule has 508 valence electrons. The van der Waals surface area contributed by atoms with Gasteiger partial charge in [0.2, 0.25) is 0 Å². The number of carbonyl (C=O) groups is 2. The second-order valence-corrected chi connectivity index (χ2v) is 28.5. The molecule has 0 unspecified atom stereocenters. The van der Waals surface area contributed by atoms with Crippen LogP contribution in [0.3, 0.4) is 0 Å². The van der Waals surface area contributed by atoms with Gasteiger partial charge in [-0.2, -0.15) is 0 Å². The lowest BCUT2D eigenvalue weighted by molar-refractivity contribution is 0.111. The van der Waals surface area contributed by atoms with Crippen LogP contribution in [0.5, 0.6) is 0 Å². The monoisotopic (exact) mass is 1360 g/mol. The first-order chi connectivity index (χ1) is 51.9. The molecule has 0 heterocycles. The average molecular weight is 1370 g/mol. The van der Waals surface area contributed by atoms with Crippen LogP contribution in [0.1, 0.15) is 81.8 Å². The van der Waals surface area contributed by atoms with Crippen LogP contribution in [0.4, 0.5) is 68.2 Å². The molecule has 18 rings (SSSR count). The van der Waals surface area contributed by atoms with Crippen molar-refractivity contribution in [1.82, 2.24) is 0 Å². The minimum absolute atomic E-state index is 0.245. The molecule has 106 heavy (non-hydrogen) atoms. The topological polar surface area (TPSA) is 47.1 Å². The van der Waals surface area contributed by atoms with E-state index in [1.165, 1.54) is 66.1 Å². The summed E-state index contributed by atoms with van der Waals surface area (Å²) in [5.74, 6) is 0. The SMILES string of the molecule is C=Cc1ccc(N(c2ccc3c(c2)C(C)(C)c2cc(N(c4ccc(C=C)cc4)c4cccc5ccccc45)ccc2-3)c2cccc3ccccc23)cc1.CC1(C)c2cc(N(c3ccc(C=O)cc3)c3cccc4ccccc34)ccc2-c2ccc(N(c3ccc(C=O)cc3)c3cccc4ccccc34)cc21. The summed E-state index contributed by atoms with van der Waals surface area (Å²) in [6, 6.07) is 121. The molecule has 0 fully saturated rings. The molecule has 0 amide bonds. The third-order valence-corrected chi connectivity index (χ3v) is 21.7. The molecule has 0 radical (unpaired) electrons. The van der Waals surface area contributed by atoms with E-state index in [1.807, 2.05) is 60.7 Å². The van der Waals surface area contributed by atoms with Gasteiger partial charge in [-0.3, -0.25) is 9.59 Å². The summed E-state index contributed by atoms with van der Waals surface area (Å²) >= 11 is 0. The van der Waals surface area contributed by atoms with Crippen LogP contribution in [-0.2, 0) is 10.8 Å². The molecular formula is C100H76N4O2. The van der Waals surface area contributed by atoms with E-state index < -0.39 is 0 Å². The quantitative estimate of drug-likeness (QED) is 0.0899. The van der Waals surface area contributed by atoms with Crippen LogP contribution in [0, 0.1) is 0 Å². The van der Waals surface area contributed by atoms with Crippen molar-refractivity contribution in [3.8, 4) is 22.3 Å². The van der Waals surface area contributed by atoms with Crippen molar-refractivity contribution >= 4 is 136 Å². The molecule has 16 aromatic rings. The molecule has 0 aliphatic heterocycles. The zero-order valence-electron chi connectivity index (χ0n) is 59.7. The normalized spacial score (nSPS) is 12.6. The summed E-state index contributed by atoms with van der Waals surface area (Å²) in [5, 5.41) is 9.49. The van der Waals surface area contributed by atoms with Crippen molar-refractivity contribution in [2.45, 2.75) is 38.5 Å². The number of fused-ring (bicyclic) bond motifs is 10. The summed E-state index contributed by atoms with van der Waals surface area (Å²) < 4.78 is 0. The number of aldehydes is 2. The number of carbonyl (C=O) groups excluding carboxylic acids is 2. The molecular weight excluding hydrogens is 1290 g/mol. The van der Waals surface area contributed by atoms with Gasteiger partial charge in [0.15, 0.2) is 0 Å². The zero-order valence-corrected chi connectivity index (χ0v) is 59.7. The van der Waals surface area contributed by atoms with Gasteiger partial charge >= 0.3 is 0 Å². The van der Waals surface area contributed by atoms with E-state index in [4.69, 9.17) is 0 Å². The second-order valence-electron chi connectivity index (χ2n) is 28.5. The maximum atomic E-state index is 11.6. The van der Waals surface area contributed by atoms with Crippen molar-refractivity contribution < 1.29 is 9.59 Å². The Kier molecular flexibility index (Phi) is 16.8. The number of anilines is 12. The molecule has 0 saturated heterocycles. The Hall–Kier alpha value is -13.4. The van der Waals surface area contributed by atoms with Crippen LogP contribution in [-0.4, -0.2) is 12.6 Å². The van der Waals surface area contributed by atoms with E-state index in [-0.39, 0.29) is 10.8 Å². The molecule has 6 heteroatoms. The summed E-state index contributed by atoms with van der Waals surface area (Å²) in [5.41, 5.74) is 26.1. The fourth-order valence-corrected chi connectivity index (χ4v) is 16.2. The van der Waals surface area contributed by atoms with Crippen molar-refractivity contribution in [3.63, 3.8) is 0 Å². The molecule has 0 bridgehead atoms. The largest absolute Gasteiger partial charge is 0.310 e. The number of hydrogen-bond acceptors (Lipinski definition) is 6. The van der Waals surface area contributed by atoms with Crippen molar-refractivity contribution in [1.29, 1.82) is 0 Å². The summed E-state index contributed by atoms with van der Waals surface area (Å²) in [6.07, 6.45) is 5.56. The number of hydrogen-bond donors (Lipinski definition) is 0. The molecule has 0 saturated carbocycles. The van der Waals surface area contributed by atoms with E-state index >= 15 is 0 Å². The maximum Gasteiger partial charge on any atom is 0.150 e. The van der Waals surface area contributed by atoms with Gasteiger partial charge in [-0.1, -0.05) is 247 Å². The molecule has 0 aromatic heterocycles. The Morgan fingerprint density at radius 1 is 0.236 bits per heavy atom. The van der Waals surface area contributed by atoms with Crippen molar-refractivity contribution in [3.05, 3.63) is 397 Å². The van der Waals surface area contributed by atoms with Crippen LogP contribution in [0.2, 0.25) is 0 Å².